The molecule has 0 radical (unpaired) electrons. The first-order valence-electron chi connectivity index (χ1n) is 10.5. The predicted octanol–water partition coefficient (Wildman–Crippen LogP) is 4.70. The smallest absolute Gasteiger partial charge is 0.321 e. The van der Waals surface area contributed by atoms with Gasteiger partial charge in [0.2, 0.25) is 0 Å². The standard InChI is InChI=1S/C22H30ClN5O2/c1-5-12-30-19-7-6-17(14-18(19)23)25-22(29)28-10-8-27(9-11-28)20-13-16(4)24-21(26-20)15(2)3/h6-7,13-15H,5,8-12H2,1-4H3,(H,25,29). The molecule has 30 heavy (non-hydrogen) atoms. The number of urea groups is 1. The summed E-state index contributed by atoms with van der Waals surface area (Å²) in [6, 6.07) is 7.19. The van der Waals surface area contributed by atoms with E-state index in [0.717, 1.165) is 36.8 Å². The third-order valence-electron chi connectivity index (χ3n) is 4.91. The number of nitrogens with one attached hydrogen (secondary N) is 1. The van der Waals surface area contributed by atoms with Gasteiger partial charge in [-0.05, 0) is 31.5 Å². The van der Waals surface area contributed by atoms with Gasteiger partial charge in [0.15, 0.2) is 0 Å². The first-order valence-corrected chi connectivity index (χ1v) is 10.8. The van der Waals surface area contributed by atoms with Crippen molar-refractivity contribution in [2.45, 2.75) is 40.0 Å². The van der Waals surface area contributed by atoms with Crippen molar-refractivity contribution >= 4 is 29.1 Å². The van der Waals surface area contributed by atoms with Crippen molar-refractivity contribution < 1.29 is 9.53 Å². The van der Waals surface area contributed by atoms with Gasteiger partial charge in [-0.2, -0.15) is 0 Å². The number of piperazine rings is 1. The number of halogens is 1. The maximum atomic E-state index is 12.7. The number of carbonyl (C=O) groups excluding carboxylic acids is 1. The van der Waals surface area contributed by atoms with Crippen molar-refractivity contribution in [3.8, 4) is 5.75 Å². The van der Waals surface area contributed by atoms with Crippen LogP contribution < -0.4 is 15.0 Å². The minimum atomic E-state index is -0.130. The van der Waals surface area contributed by atoms with Gasteiger partial charge in [0.05, 0.1) is 11.6 Å². The van der Waals surface area contributed by atoms with Gasteiger partial charge in [-0.1, -0.05) is 32.4 Å². The SMILES string of the molecule is CCCOc1ccc(NC(=O)N2CCN(c3cc(C)nc(C(C)C)n3)CC2)cc1Cl. The van der Waals surface area contributed by atoms with Crippen molar-refractivity contribution in [1.82, 2.24) is 14.9 Å². The fourth-order valence-corrected chi connectivity index (χ4v) is 3.48. The fraction of sp³-hybridized carbons (Fsp3) is 0.500. The second-order valence-corrected chi connectivity index (χ2v) is 8.19. The Morgan fingerprint density at radius 1 is 1.20 bits per heavy atom. The molecule has 0 atom stereocenters. The van der Waals surface area contributed by atoms with Crippen LogP contribution in [0.4, 0.5) is 16.3 Å². The van der Waals surface area contributed by atoms with Gasteiger partial charge >= 0.3 is 6.03 Å². The molecule has 0 saturated carbocycles. The molecule has 1 aliphatic rings. The third kappa shape index (κ3) is 5.53. The van der Waals surface area contributed by atoms with Crippen LogP contribution in [-0.4, -0.2) is 53.7 Å². The van der Waals surface area contributed by atoms with Gasteiger partial charge in [-0.25, -0.2) is 14.8 Å². The van der Waals surface area contributed by atoms with Crippen molar-refractivity contribution in [2.24, 2.45) is 0 Å². The minimum Gasteiger partial charge on any atom is -0.492 e. The molecular formula is C22H30ClN5O2. The molecule has 0 spiro atoms. The lowest BCUT2D eigenvalue weighted by molar-refractivity contribution is 0.208. The molecular weight excluding hydrogens is 402 g/mol. The van der Waals surface area contributed by atoms with Crippen molar-refractivity contribution in [3.05, 3.63) is 40.8 Å². The summed E-state index contributed by atoms with van der Waals surface area (Å²) in [5.74, 6) is 2.70. The molecule has 8 heteroatoms. The first-order chi connectivity index (χ1) is 14.4. The molecule has 162 valence electrons. The average molecular weight is 432 g/mol. The molecule has 1 aliphatic heterocycles. The Kier molecular flexibility index (Phi) is 7.37. The summed E-state index contributed by atoms with van der Waals surface area (Å²) in [4.78, 5) is 25.9. The number of hydrogen-bond donors (Lipinski definition) is 1. The maximum absolute atomic E-state index is 12.7. The van der Waals surface area contributed by atoms with Gasteiger partial charge in [0.1, 0.15) is 17.4 Å². The summed E-state index contributed by atoms with van der Waals surface area (Å²) in [7, 11) is 0. The van der Waals surface area contributed by atoms with Crippen LogP contribution in [0.15, 0.2) is 24.3 Å². The van der Waals surface area contributed by atoms with Crippen molar-refractivity contribution in [3.63, 3.8) is 0 Å². The van der Waals surface area contributed by atoms with Crippen molar-refractivity contribution in [2.75, 3.05) is 43.0 Å². The second kappa shape index (κ2) is 9.98. The van der Waals surface area contributed by atoms with Crippen LogP contribution in [0.5, 0.6) is 5.75 Å². The number of anilines is 2. The quantitative estimate of drug-likeness (QED) is 0.717. The van der Waals surface area contributed by atoms with Gasteiger partial charge < -0.3 is 19.9 Å². The molecule has 1 N–H and O–H groups in total. The zero-order valence-electron chi connectivity index (χ0n) is 18.1. The van der Waals surface area contributed by atoms with Crippen LogP contribution in [0.3, 0.4) is 0 Å². The molecule has 2 heterocycles. The number of hydrogen-bond acceptors (Lipinski definition) is 5. The lowest BCUT2D eigenvalue weighted by Gasteiger charge is -2.35. The normalized spacial score (nSPS) is 14.2. The van der Waals surface area contributed by atoms with E-state index in [1.807, 2.05) is 30.9 Å². The molecule has 1 fully saturated rings. The summed E-state index contributed by atoms with van der Waals surface area (Å²) in [5.41, 5.74) is 1.62. The van der Waals surface area contributed by atoms with Crippen molar-refractivity contribution in [1.29, 1.82) is 0 Å². The lowest BCUT2D eigenvalue weighted by Crippen LogP contribution is -2.50. The van der Waals surface area contributed by atoms with Gasteiger partial charge in [0.25, 0.3) is 0 Å². The topological polar surface area (TPSA) is 70.6 Å². The summed E-state index contributed by atoms with van der Waals surface area (Å²) in [6.45, 7) is 11.5. The second-order valence-electron chi connectivity index (χ2n) is 7.78. The molecule has 2 amide bonds. The number of rotatable bonds is 6. The number of nitrogens with zero attached hydrogens (tertiary/aromatic N) is 4. The highest BCUT2D eigenvalue weighted by Crippen LogP contribution is 2.28. The van der Waals surface area contributed by atoms with Crippen LogP contribution in [-0.2, 0) is 0 Å². The minimum absolute atomic E-state index is 0.130. The summed E-state index contributed by atoms with van der Waals surface area (Å²) in [5, 5.41) is 3.42. The number of benzene rings is 1. The number of ether oxygens (including phenoxy) is 1. The molecule has 0 aliphatic carbocycles. The highest BCUT2D eigenvalue weighted by atomic mass is 35.5. The molecule has 3 rings (SSSR count). The summed E-state index contributed by atoms with van der Waals surface area (Å²) >= 11 is 6.26. The fourth-order valence-electron chi connectivity index (χ4n) is 3.24. The average Bonchev–Trinajstić information content (AvgIpc) is 2.73. The van der Waals surface area contributed by atoms with E-state index in [-0.39, 0.29) is 11.9 Å². The summed E-state index contributed by atoms with van der Waals surface area (Å²) in [6.07, 6.45) is 0.911. The zero-order chi connectivity index (χ0) is 21.7. The monoisotopic (exact) mass is 431 g/mol. The van der Waals surface area contributed by atoms with Crippen LogP contribution in [0, 0.1) is 6.92 Å². The first kappa shape index (κ1) is 22.2. The third-order valence-corrected chi connectivity index (χ3v) is 5.21. The maximum Gasteiger partial charge on any atom is 0.321 e. The highest BCUT2D eigenvalue weighted by Gasteiger charge is 2.23. The molecule has 1 aromatic heterocycles. The van der Waals surface area contributed by atoms with Crippen LogP contribution in [0.2, 0.25) is 5.02 Å². The van der Waals surface area contributed by atoms with Gasteiger partial charge in [-0.3, -0.25) is 0 Å². The molecule has 1 aromatic carbocycles. The van der Waals surface area contributed by atoms with E-state index in [4.69, 9.17) is 21.3 Å². The molecule has 0 unspecified atom stereocenters. The Morgan fingerprint density at radius 3 is 2.57 bits per heavy atom. The van der Waals surface area contributed by atoms with E-state index in [2.05, 4.69) is 29.0 Å². The summed E-state index contributed by atoms with van der Waals surface area (Å²) < 4.78 is 5.58. The van der Waals surface area contributed by atoms with E-state index in [1.165, 1.54) is 0 Å². The van der Waals surface area contributed by atoms with E-state index in [1.54, 1.807) is 12.1 Å². The molecule has 1 saturated heterocycles. The highest BCUT2D eigenvalue weighted by molar-refractivity contribution is 6.32. The Morgan fingerprint density at radius 2 is 1.93 bits per heavy atom. The Balaban J connectivity index is 1.57. The zero-order valence-corrected chi connectivity index (χ0v) is 18.9. The number of amides is 2. The molecule has 0 bridgehead atoms. The van der Waals surface area contributed by atoms with Crippen LogP contribution in [0.25, 0.3) is 0 Å². The van der Waals surface area contributed by atoms with Gasteiger partial charge in [0, 0.05) is 49.5 Å². The Labute approximate surface area is 183 Å². The molecule has 7 nitrogen and oxygen atoms in total. The predicted molar refractivity (Wildman–Crippen MR) is 121 cm³/mol. The van der Waals surface area contributed by atoms with E-state index in [9.17, 15) is 4.79 Å². The number of carbonyl (C=O) groups is 1. The largest absolute Gasteiger partial charge is 0.492 e. The molecule has 2 aromatic rings. The van der Waals surface area contributed by atoms with Crippen LogP contribution in [0.1, 0.15) is 44.6 Å². The van der Waals surface area contributed by atoms with E-state index in [0.29, 0.717) is 36.2 Å². The van der Waals surface area contributed by atoms with E-state index >= 15 is 0 Å². The van der Waals surface area contributed by atoms with E-state index < -0.39 is 0 Å². The number of aryl methyl sites for hydroxylation is 1. The Bertz CT molecular complexity index is 882. The van der Waals surface area contributed by atoms with Gasteiger partial charge in [-0.15, -0.1) is 0 Å². The lowest BCUT2D eigenvalue weighted by atomic mass is 10.2. The Hall–Kier alpha value is -2.54. The van der Waals surface area contributed by atoms with Crippen LogP contribution >= 0.6 is 11.6 Å². The number of aromatic nitrogens is 2.